The van der Waals surface area contributed by atoms with Crippen molar-refractivity contribution in [2.24, 2.45) is 0 Å². The van der Waals surface area contributed by atoms with Crippen molar-refractivity contribution in [2.75, 3.05) is 5.32 Å². The first-order valence-electron chi connectivity index (χ1n) is 8.20. The van der Waals surface area contributed by atoms with Crippen molar-refractivity contribution in [2.45, 2.75) is 6.92 Å². The number of anilines is 1. The molecule has 2 aromatic carbocycles. The lowest BCUT2D eigenvalue weighted by atomic mass is 10.1. The van der Waals surface area contributed by atoms with E-state index in [0.717, 1.165) is 33.6 Å². The number of nitrogens with zero attached hydrogens (tertiary/aromatic N) is 2. The number of H-pyrrole nitrogens is 1. The van der Waals surface area contributed by atoms with E-state index in [-0.39, 0.29) is 5.91 Å². The zero-order valence-electron chi connectivity index (χ0n) is 14.3. The van der Waals surface area contributed by atoms with Gasteiger partial charge in [0.25, 0.3) is 0 Å². The van der Waals surface area contributed by atoms with Crippen LogP contribution >= 0.6 is 23.2 Å². The average Bonchev–Trinajstić information content (AvgIpc) is 3.04. The molecule has 0 bridgehead atoms. The van der Waals surface area contributed by atoms with E-state index in [1.165, 1.54) is 6.92 Å². The smallest absolute Gasteiger partial charge is 0.221 e. The minimum absolute atomic E-state index is 0.118. The molecule has 1 amide bonds. The fourth-order valence-electron chi connectivity index (χ4n) is 2.92. The highest BCUT2D eigenvalue weighted by Crippen LogP contribution is 2.34. The van der Waals surface area contributed by atoms with E-state index >= 15 is 0 Å². The molecule has 0 aliphatic carbocycles. The monoisotopic (exact) mass is 396 g/mol. The van der Waals surface area contributed by atoms with Crippen LogP contribution in [0.5, 0.6) is 0 Å². The van der Waals surface area contributed by atoms with Crippen LogP contribution in [0, 0.1) is 0 Å². The highest BCUT2D eigenvalue weighted by Gasteiger charge is 2.13. The normalized spacial score (nSPS) is 10.9. The van der Waals surface area contributed by atoms with Crippen molar-refractivity contribution in [3.63, 3.8) is 0 Å². The van der Waals surface area contributed by atoms with E-state index in [4.69, 9.17) is 23.2 Å². The zero-order valence-corrected chi connectivity index (χ0v) is 15.8. The average molecular weight is 397 g/mol. The maximum absolute atomic E-state index is 11.3. The first-order valence-corrected chi connectivity index (χ1v) is 8.95. The summed E-state index contributed by atoms with van der Waals surface area (Å²) in [5, 5.41) is 12.1. The number of aromatic amines is 1. The molecule has 0 saturated carbocycles. The number of halogens is 2. The summed E-state index contributed by atoms with van der Waals surface area (Å²) in [6.45, 7) is 1.48. The van der Waals surface area contributed by atoms with Gasteiger partial charge in [-0.05, 0) is 42.5 Å². The summed E-state index contributed by atoms with van der Waals surface area (Å²) in [6.07, 6.45) is 0. The van der Waals surface area contributed by atoms with E-state index < -0.39 is 0 Å². The van der Waals surface area contributed by atoms with E-state index in [0.29, 0.717) is 15.7 Å². The van der Waals surface area contributed by atoms with Gasteiger partial charge < -0.3 is 5.32 Å². The molecule has 7 heteroatoms. The highest BCUT2D eigenvalue weighted by atomic mass is 35.5. The Balaban J connectivity index is 1.76. The molecule has 5 nitrogen and oxygen atoms in total. The predicted octanol–water partition coefficient (Wildman–Crippen LogP) is 5.56. The van der Waals surface area contributed by atoms with Gasteiger partial charge in [0.15, 0.2) is 5.65 Å². The number of aromatic nitrogens is 3. The van der Waals surface area contributed by atoms with Crippen LogP contribution in [0.4, 0.5) is 5.69 Å². The molecule has 0 spiro atoms. The number of pyridine rings is 1. The van der Waals surface area contributed by atoms with Crippen LogP contribution < -0.4 is 5.32 Å². The number of hydrogen-bond donors (Lipinski definition) is 2. The summed E-state index contributed by atoms with van der Waals surface area (Å²) in [6, 6.07) is 16.7. The van der Waals surface area contributed by atoms with Crippen molar-refractivity contribution in [1.29, 1.82) is 0 Å². The zero-order chi connectivity index (χ0) is 19.0. The fraction of sp³-hybridized carbons (Fsp3) is 0.0500. The Morgan fingerprint density at radius 2 is 1.93 bits per heavy atom. The molecule has 134 valence electrons. The second kappa shape index (κ2) is 7.02. The molecule has 2 heterocycles. The topological polar surface area (TPSA) is 70.7 Å². The number of carbonyl (C=O) groups is 1. The van der Waals surface area contributed by atoms with Crippen molar-refractivity contribution in [1.82, 2.24) is 15.2 Å². The van der Waals surface area contributed by atoms with E-state index in [9.17, 15) is 4.79 Å². The summed E-state index contributed by atoms with van der Waals surface area (Å²) >= 11 is 12.3. The molecule has 0 atom stereocenters. The van der Waals surface area contributed by atoms with Gasteiger partial charge in [0, 0.05) is 34.1 Å². The largest absolute Gasteiger partial charge is 0.326 e. The van der Waals surface area contributed by atoms with Gasteiger partial charge >= 0.3 is 0 Å². The van der Waals surface area contributed by atoms with E-state index in [1.807, 2.05) is 42.5 Å². The van der Waals surface area contributed by atoms with Crippen molar-refractivity contribution in [3.8, 4) is 22.5 Å². The molecule has 0 saturated heterocycles. The lowest BCUT2D eigenvalue weighted by molar-refractivity contribution is -0.114. The third-order valence-electron chi connectivity index (χ3n) is 4.10. The number of carbonyl (C=O) groups excluding carboxylic acids is 1. The second-order valence-electron chi connectivity index (χ2n) is 6.05. The van der Waals surface area contributed by atoms with Crippen LogP contribution in [0.3, 0.4) is 0 Å². The summed E-state index contributed by atoms with van der Waals surface area (Å²) in [5.74, 6) is -0.118. The number of rotatable bonds is 3. The van der Waals surface area contributed by atoms with Gasteiger partial charge in [-0.1, -0.05) is 35.3 Å². The Morgan fingerprint density at radius 3 is 2.70 bits per heavy atom. The van der Waals surface area contributed by atoms with Crippen molar-refractivity contribution < 1.29 is 4.79 Å². The number of hydrogen-bond acceptors (Lipinski definition) is 3. The molecule has 4 rings (SSSR count). The number of nitrogens with one attached hydrogen (secondary N) is 2. The van der Waals surface area contributed by atoms with Gasteiger partial charge in [0.1, 0.15) is 0 Å². The minimum atomic E-state index is -0.118. The molecular formula is C20H14Cl2N4O. The van der Waals surface area contributed by atoms with Crippen molar-refractivity contribution >= 4 is 45.8 Å². The Bertz CT molecular complexity index is 1170. The third kappa shape index (κ3) is 3.52. The van der Waals surface area contributed by atoms with Crippen LogP contribution in [0.15, 0.2) is 54.6 Å². The van der Waals surface area contributed by atoms with Gasteiger partial charge in [0.05, 0.1) is 16.4 Å². The number of amides is 1. The molecule has 0 radical (unpaired) electrons. The fourth-order valence-corrected chi connectivity index (χ4v) is 3.42. The standard InChI is InChI=1S/C20H14Cl2N4O/c1-11(27)23-14-4-2-3-12(9-14)18-8-7-16-19(25-26-20(16)24-18)15-6-5-13(21)10-17(15)22/h2-10H,1H3,(H,23,27)(H,24,25,26). The number of fused-ring (bicyclic) bond motifs is 1. The molecule has 27 heavy (non-hydrogen) atoms. The Labute approximate surface area is 165 Å². The minimum Gasteiger partial charge on any atom is -0.326 e. The molecular weight excluding hydrogens is 383 g/mol. The highest BCUT2D eigenvalue weighted by molar-refractivity contribution is 6.36. The SMILES string of the molecule is CC(=O)Nc1cccc(-c2ccc3c(-c4ccc(Cl)cc4Cl)[nH]nc3n2)c1. The van der Waals surface area contributed by atoms with Crippen LogP contribution in [0.25, 0.3) is 33.5 Å². The summed E-state index contributed by atoms with van der Waals surface area (Å²) in [7, 11) is 0. The number of benzene rings is 2. The molecule has 0 aliphatic heterocycles. The van der Waals surface area contributed by atoms with Crippen LogP contribution in [0.1, 0.15) is 6.92 Å². The molecule has 4 aromatic rings. The third-order valence-corrected chi connectivity index (χ3v) is 4.65. The summed E-state index contributed by atoms with van der Waals surface area (Å²) < 4.78 is 0. The molecule has 0 fully saturated rings. The van der Waals surface area contributed by atoms with Crippen LogP contribution in [0.2, 0.25) is 10.0 Å². The molecule has 0 aliphatic rings. The summed E-state index contributed by atoms with van der Waals surface area (Å²) in [5.41, 5.74) is 4.55. The van der Waals surface area contributed by atoms with E-state index in [1.54, 1.807) is 12.1 Å². The van der Waals surface area contributed by atoms with Crippen molar-refractivity contribution in [3.05, 3.63) is 64.6 Å². The quantitative estimate of drug-likeness (QED) is 0.476. The van der Waals surface area contributed by atoms with E-state index in [2.05, 4.69) is 20.5 Å². The van der Waals surface area contributed by atoms with Crippen LogP contribution in [-0.2, 0) is 4.79 Å². The lowest BCUT2D eigenvalue weighted by Crippen LogP contribution is -2.05. The van der Waals surface area contributed by atoms with Gasteiger partial charge in [-0.25, -0.2) is 4.98 Å². The first kappa shape index (κ1) is 17.5. The first-order chi connectivity index (χ1) is 13.0. The van der Waals surface area contributed by atoms with Gasteiger partial charge in [-0.2, -0.15) is 5.10 Å². The lowest BCUT2D eigenvalue weighted by Gasteiger charge is -2.06. The van der Waals surface area contributed by atoms with Gasteiger partial charge in [-0.3, -0.25) is 9.89 Å². The Morgan fingerprint density at radius 1 is 1.07 bits per heavy atom. The van der Waals surface area contributed by atoms with Gasteiger partial charge in [0.2, 0.25) is 5.91 Å². The Hall–Kier alpha value is -2.89. The predicted molar refractivity (Wildman–Crippen MR) is 109 cm³/mol. The maximum atomic E-state index is 11.3. The second-order valence-corrected chi connectivity index (χ2v) is 6.90. The summed E-state index contributed by atoms with van der Waals surface area (Å²) in [4.78, 5) is 15.9. The van der Waals surface area contributed by atoms with Gasteiger partial charge in [-0.15, -0.1) is 0 Å². The molecule has 2 N–H and O–H groups in total. The molecule has 2 aromatic heterocycles. The Kier molecular flexibility index (Phi) is 4.56. The maximum Gasteiger partial charge on any atom is 0.221 e. The molecule has 0 unspecified atom stereocenters. The van der Waals surface area contributed by atoms with Crippen LogP contribution in [-0.4, -0.2) is 21.1 Å².